The molecule has 0 saturated carbocycles. The molecule has 150 valence electrons. The van der Waals surface area contributed by atoms with Gasteiger partial charge in [0, 0.05) is 18.7 Å². The molecule has 0 aliphatic heterocycles. The molecule has 2 aromatic carbocycles. The largest absolute Gasteiger partial charge is 0.325 e. The number of nitrogens with one attached hydrogen (secondary N) is 1. The first-order valence-electron chi connectivity index (χ1n) is 9.04. The van der Waals surface area contributed by atoms with Gasteiger partial charge in [-0.25, -0.2) is 4.98 Å². The Morgan fingerprint density at radius 2 is 2.03 bits per heavy atom. The molecule has 8 nitrogen and oxygen atoms in total. The predicted octanol–water partition coefficient (Wildman–Crippen LogP) is 3.75. The zero-order valence-electron chi connectivity index (χ0n) is 16.2. The number of nitro benzene ring substituents is 1. The van der Waals surface area contributed by atoms with Gasteiger partial charge in [0.2, 0.25) is 5.91 Å². The van der Waals surface area contributed by atoms with E-state index in [9.17, 15) is 19.7 Å². The number of hydrogen-bond acceptors (Lipinski definition) is 6. The van der Waals surface area contributed by atoms with Gasteiger partial charge in [-0.1, -0.05) is 30.0 Å². The van der Waals surface area contributed by atoms with E-state index < -0.39 is 10.2 Å². The predicted molar refractivity (Wildman–Crippen MR) is 113 cm³/mol. The molecule has 0 aliphatic rings. The number of fused-ring (bicyclic) bond motifs is 1. The zero-order valence-corrected chi connectivity index (χ0v) is 17.0. The van der Waals surface area contributed by atoms with Gasteiger partial charge in [0.15, 0.2) is 5.16 Å². The molecule has 0 aliphatic carbocycles. The van der Waals surface area contributed by atoms with Crippen LogP contribution in [-0.4, -0.2) is 25.6 Å². The van der Waals surface area contributed by atoms with E-state index in [0.29, 0.717) is 28.3 Å². The van der Waals surface area contributed by atoms with Crippen molar-refractivity contribution in [1.29, 1.82) is 0 Å². The Hall–Kier alpha value is -3.20. The van der Waals surface area contributed by atoms with Crippen molar-refractivity contribution in [2.75, 3.05) is 5.32 Å². The maximum absolute atomic E-state index is 12.7. The van der Waals surface area contributed by atoms with Gasteiger partial charge in [-0.2, -0.15) is 0 Å². The minimum atomic E-state index is -0.570. The molecular formula is C20H20N4O4S. The number of thioether (sulfide) groups is 1. The topological polar surface area (TPSA) is 107 Å². The van der Waals surface area contributed by atoms with Crippen molar-refractivity contribution in [3.63, 3.8) is 0 Å². The summed E-state index contributed by atoms with van der Waals surface area (Å²) in [5.41, 5.74) is 1.43. The summed E-state index contributed by atoms with van der Waals surface area (Å²) < 4.78 is 1.54. The van der Waals surface area contributed by atoms with Gasteiger partial charge < -0.3 is 5.32 Å². The van der Waals surface area contributed by atoms with Gasteiger partial charge >= 0.3 is 0 Å². The molecule has 3 rings (SSSR count). The van der Waals surface area contributed by atoms with Crippen molar-refractivity contribution in [3.8, 4) is 0 Å². The number of para-hydroxylation sites is 1. The SMILES string of the molecule is CCn1c(SC(C)C(=O)Nc2cc([N+](=O)[O-])ccc2C)nc2ccccc2c1=O. The van der Waals surface area contributed by atoms with Crippen molar-refractivity contribution in [2.24, 2.45) is 0 Å². The molecule has 0 radical (unpaired) electrons. The molecule has 1 atom stereocenters. The number of amides is 1. The van der Waals surface area contributed by atoms with Crippen LogP contribution in [-0.2, 0) is 11.3 Å². The molecule has 1 unspecified atom stereocenters. The first-order valence-corrected chi connectivity index (χ1v) is 9.92. The van der Waals surface area contributed by atoms with Gasteiger partial charge in [-0.05, 0) is 38.5 Å². The smallest absolute Gasteiger partial charge is 0.271 e. The van der Waals surface area contributed by atoms with Crippen molar-refractivity contribution in [2.45, 2.75) is 37.7 Å². The lowest BCUT2D eigenvalue weighted by atomic mass is 10.2. The summed E-state index contributed by atoms with van der Waals surface area (Å²) in [7, 11) is 0. The number of carbonyl (C=O) groups is 1. The lowest BCUT2D eigenvalue weighted by molar-refractivity contribution is -0.384. The first kappa shape index (κ1) is 20.5. The van der Waals surface area contributed by atoms with E-state index in [1.165, 1.54) is 28.5 Å². The Bertz CT molecular complexity index is 1160. The number of benzene rings is 2. The Morgan fingerprint density at radius 3 is 2.72 bits per heavy atom. The summed E-state index contributed by atoms with van der Waals surface area (Å²) in [6.07, 6.45) is 0. The van der Waals surface area contributed by atoms with E-state index in [-0.39, 0.29) is 17.2 Å². The number of anilines is 1. The summed E-state index contributed by atoms with van der Waals surface area (Å²) in [5, 5.41) is 14.1. The van der Waals surface area contributed by atoms with Crippen molar-refractivity contribution in [3.05, 3.63) is 68.5 Å². The Kier molecular flexibility index (Phi) is 5.97. The highest BCUT2D eigenvalue weighted by Crippen LogP contribution is 2.26. The van der Waals surface area contributed by atoms with E-state index in [4.69, 9.17) is 0 Å². The highest BCUT2D eigenvalue weighted by molar-refractivity contribution is 8.00. The number of rotatable bonds is 6. The van der Waals surface area contributed by atoms with Crippen molar-refractivity contribution < 1.29 is 9.72 Å². The molecule has 0 fully saturated rings. The Morgan fingerprint density at radius 1 is 1.31 bits per heavy atom. The van der Waals surface area contributed by atoms with Gasteiger partial charge in [0.05, 0.1) is 26.8 Å². The third kappa shape index (κ3) is 4.29. The fourth-order valence-corrected chi connectivity index (χ4v) is 3.79. The van der Waals surface area contributed by atoms with Crippen LogP contribution in [0.4, 0.5) is 11.4 Å². The molecule has 3 aromatic rings. The van der Waals surface area contributed by atoms with Crippen LogP contribution in [0.3, 0.4) is 0 Å². The number of aryl methyl sites for hydroxylation is 1. The van der Waals surface area contributed by atoms with Crippen molar-refractivity contribution >= 4 is 39.9 Å². The van der Waals surface area contributed by atoms with Crippen LogP contribution in [0.5, 0.6) is 0 Å². The second kappa shape index (κ2) is 8.44. The van der Waals surface area contributed by atoms with Crippen LogP contribution >= 0.6 is 11.8 Å². The maximum atomic E-state index is 12.7. The maximum Gasteiger partial charge on any atom is 0.271 e. The summed E-state index contributed by atoms with van der Waals surface area (Å²) in [6.45, 7) is 5.74. The summed E-state index contributed by atoms with van der Waals surface area (Å²) in [4.78, 5) is 40.4. The number of nitrogens with zero attached hydrogens (tertiary/aromatic N) is 3. The molecule has 0 saturated heterocycles. The van der Waals surface area contributed by atoms with E-state index in [0.717, 1.165) is 5.56 Å². The van der Waals surface area contributed by atoms with Gasteiger partial charge in [0.25, 0.3) is 11.2 Å². The van der Waals surface area contributed by atoms with Crippen LogP contribution in [0.25, 0.3) is 10.9 Å². The quantitative estimate of drug-likeness (QED) is 0.286. The van der Waals surface area contributed by atoms with Crippen LogP contribution < -0.4 is 10.9 Å². The van der Waals surface area contributed by atoms with Crippen LogP contribution in [0.2, 0.25) is 0 Å². The zero-order chi connectivity index (χ0) is 21.1. The highest BCUT2D eigenvalue weighted by Gasteiger charge is 2.20. The summed E-state index contributed by atoms with van der Waals surface area (Å²) in [6, 6.07) is 11.4. The molecule has 9 heteroatoms. The molecule has 0 bridgehead atoms. The van der Waals surface area contributed by atoms with E-state index >= 15 is 0 Å². The van der Waals surface area contributed by atoms with Crippen LogP contribution in [0.15, 0.2) is 52.4 Å². The third-order valence-electron chi connectivity index (χ3n) is 4.48. The molecule has 1 aromatic heterocycles. The first-order chi connectivity index (χ1) is 13.8. The molecule has 1 amide bonds. The van der Waals surface area contributed by atoms with Gasteiger partial charge in [-0.3, -0.25) is 24.3 Å². The minimum absolute atomic E-state index is 0.0952. The second-order valence-electron chi connectivity index (χ2n) is 6.47. The average Bonchev–Trinajstić information content (AvgIpc) is 2.69. The number of carbonyl (C=O) groups excluding carboxylic acids is 1. The summed E-state index contributed by atoms with van der Waals surface area (Å²) >= 11 is 1.17. The highest BCUT2D eigenvalue weighted by atomic mass is 32.2. The second-order valence-corrected chi connectivity index (χ2v) is 7.77. The minimum Gasteiger partial charge on any atom is -0.325 e. The Labute approximate surface area is 171 Å². The fraction of sp³-hybridized carbons (Fsp3) is 0.250. The standard InChI is InChI=1S/C20H20N4O4S/c1-4-23-19(26)15-7-5-6-8-16(15)22-20(23)29-13(3)18(25)21-17-11-14(24(27)28)10-9-12(17)2/h5-11,13H,4H2,1-3H3,(H,21,25). The molecule has 29 heavy (non-hydrogen) atoms. The molecule has 1 N–H and O–H groups in total. The molecule has 0 spiro atoms. The molecule has 1 heterocycles. The summed E-state index contributed by atoms with van der Waals surface area (Å²) in [5.74, 6) is -0.330. The van der Waals surface area contributed by atoms with Gasteiger partial charge in [0.1, 0.15) is 0 Å². The van der Waals surface area contributed by atoms with E-state index in [1.54, 1.807) is 44.2 Å². The van der Waals surface area contributed by atoms with E-state index in [1.807, 2.05) is 6.92 Å². The fourth-order valence-electron chi connectivity index (χ4n) is 2.82. The van der Waals surface area contributed by atoms with Crippen LogP contribution in [0, 0.1) is 17.0 Å². The Balaban J connectivity index is 1.86. The van der Waals surface area contributed by atoms with Crippen LogP contribution in [0.1, 0.15) is 19.4 Å². The van der Waals surface area contributed by atoms with E-state index in [2.05, 4.69) is 10.3 Å². The lowest BCUT2D eigenvalue weighted by Gasteiger charge is -2.16. The number of aromatic nitrogens is 2. The number of nitro groups is 1. The monoisotopic (exact) mass is 412 g/mol. The third-order valence-corrected chi connectivity index (χ3v) is 5.57. The number of hydrogen-bond donors (Lipinski definition) is 1. The van der Waals surface area contributed by atoms with Gasteiger partial charge in [-0.15, -0.1) is 0 Å². The number of non-ortho nitro benzene ring substituents is 1. The average molecular weight is 412 g/mol. The van der Waals surface area contributed by atoms with Crippen molar-refractivity contribution in [1.82, 2.24) is 9.55 Å². The molecular weight excluding hydrogens is 392 g/mol. The normalized spacial score (nSPS) is 12.0. The lowest BCUT2D eigenvalue weighted by Crippen LogP contribution is -2.26.